The predicted molar refractivity (Wildman–Crippen MR) is 144 cm³/mol. The van der Waals surface area contributed by atoms with Crippen molar-refractivity contribution in [1.29, 1.82) is 0 Å². The Morgan fingerprint density at radius 3 is 2.29 bits per heavy atom. The molecule has 1 aliphatic rings. The van der Waals surface area contributed by atoms with Crippen molar-refractivity contribution in [2.75, 3.05) is 0 Å². The molecule has 0 unspecified atom stereocenters. The van der Waals surface area contributed by atoms with Gasteiger partial charge in [0.15, 0.2) is 0 Å². The van der Waals surface area contributed by atoms with Crippen LogP contribution in [-0.4, -0.2) is 0 Å². The van der Waals surface area contributed by atoms with Crippen LogP contribution in [0, 0.1) is 23.6 Å². The second kappa shape index (κ2) is 12.2. The summed E-state index contributed by atoms with van der Waals surface area (Å²) in [5, 5.41) is 1.59. The summed E-state index contributed by atoms with van der Waals surface area (Å²) in [7, 11) is 0. The molecule has 0 nitrogen and oxygen atoms in total. The molecule has 0 aromatic heterocycles. The van der Waals surface area contributed by atoms with Crippen LogP contribution in [0.4, 0.5) is 4.39 Å². The van der Waals surface area contributed by atoms with Crippen molar-refractivity contribution in [2.24, 2.45) is 5.92 Å². The van der Waals surface area contributed by atoms with Crippen molar-refractivity contribution < 1.29 is 4.39 Å². The summed E-state index contributed by atoms with van der Waals surface area (Å²) in [6.45, 7) is 4.40. The van der Waals surface area contributed by atoms with Crippen LogP contribution in [0.3, 0.4) is 0 Å². The molecule has 0 N–H and O–H groups in total. The van der Waals surface area contributed by atoms with E-state index in [-0.39, 0.29) is 5.82 Å². The molecular formula is C33H39F. The van der Waals surface area contributed by atoms with Gasteiger partial charge in [-0.15, -0.1) is 0 Å². The number of benzene rings is 3. The largest absolute Gasteiger partial charge is 0.205 e. The SMILES string of the molecule is CCCCCCCC1CCC(c2ccc(C#Cc3ccc4cc(CC)ccc4c3F)cc2)CC1. The molecule has 1 fully saturated rings. The van der Waals surface area contributed by atoms with E-state index >= 15 is 0 Å². The van der Waals surface area contributed by atoms with Crippen LogP contribution in [0.2, 0.25) is 0 Å². The van der Waals surface area contributed by atoms with Gasteiger partial charge >= 0.3 is 0 Å². The molecule has 0 radical (unpaired) electrons. The second-order valence-electron chi connectivity index (χ2n) is 10.1. The molecule has 0 aliphatic heterocycles. The molecule has 0 amide bonds. The average Bonchev–Trinajstić information content (AvgIpc) is 2.89. The van der Waals surface area contributed by atoms with Gasteiger partial charge < -0.3 is 0 Å². The third-order valence-electron chi connectivity index (χ3n) is 7.71. The number of aryl methyl sites for hydroxylation is 1. The van der Waals surface area contributed by atoms with Crippen molar-refractivity contribution in [3.8, 4) is 11.8 Å². The summed E-state index contributed by atoms with van der Waals surface area (Å²) in [5.74, 6) is 7.64. The highest BCUT2D eigenvalue weighted by Gasteiger charge is 2.22. The number of unbranched alkanes of at least 4 members (excludes halogenated alkanes) is 4. The molecule has 3 aromatic rings. The van der Waals surface area contributed by atoms with E-state index in [0.29, 0.717) is 16.9 Å². The maximum absolute atomic E-state index is 15.0. The van der Waals surface area contributed by atoms with Crippen LogP contribution in [0.15, 0.2) is 54.6 Å². The third kappa shape index (κ3) is 6.29. The monoisotopic (exact) mass is 454 g/mol. The minimum absolute atomic E-state index is 0.216. The first-order chi connectivity index (χ1) is 16.7. The van der Waals surface area contributed by atoms with E-state index in [2.05, 4.69) is 56.0 Å². The Kier molecular flexibility index (Phi) is 8.81. The minimum Gasteiger partial charge on any atom is -0.205 e. The Hall–Kier alpha value is -2.59. The lowest BCUT2D eigenvalue weighted by atomic mass is 9.77. The highest BCUT2D eigenvalue weighted by atomic mass is 19.1. The Morgan fingerprint density at radius 1 is 0.794 bits per heavy atom. The molecule has 1 heteroatoms. The van der Waals surface area contributed by atoms with Crippen molar-refractivity contribution >= 4 is 10.8 Å². The fraction of sp³-hybridized carbons (Fsp3) is 0.455. The van der Waals surface area contributed by atoms with Gasteiger partial charge in [-0.1, -0.05) is 101 Å². The predicted octanol–water partition coefficient (Wildman–Crippen LogP) is 9.58. The van der Waals surface area contributed by atoms with Crippen molar-refractivity contribution in [2.45, 2.75) is 90.4 Å². The van der Waals surface area contributed by atoms with E-state index in [0.717, 1.165) is 23.3 Å². The number of rotatable bonds is 8. The van der Waals surface area contributed by atoms with Gasteiger partial charge in [-0.3, -0.25) is 0 Å². The van der Waals surface area contributed by atoms with Gasteiger partial charge in [0.1, 0.15) is 5.82 Å². The normalized spacial score (nSPS) is 18.0. The van der Waals surface area contributed by atoms with Gasteiger partial charge in [0, 0.05) is 10.9 Å². The highest BCUT2D eigenvalue weighted by molar-refractivity contribution is 5.85. The minimum atomic E-state index is -0.216. The summed E-state index contributed by atoms with van der Waals surface area (Å²) in [6.07, 6.45) is 14.7. The van der Waals surface area contributed by atoms with Gasteiger partial charge in [0.2, 0.25) is 0 Å². The highest BCUT2D eigenvalue weighted by Crippen LogP contribution is 2.37. The van der Waals surface area contributed by atoms with Crippen molar-refractivity contribution in [3.05, 3.63) is 82.7 Å². The first-order valence-corrected chi connectivity index (χ1v) is 13.5. The van der Waals surface area contributed by atoms with E-state index in [4.69, 9.17) is 0 Å². The molecule has 3 aromatic carbocycles. The molecule has 0 saturated heterocycles. The Balaban J connectivity index is 1.33. The third-order valence-corrected chi connectivity index (χ3v) is 7.71. The van der Waals surface area contributed by atoms with Crippen LogP contribution in [0.1, 0.15) is 106 Å². The number of halogens is 1. The van der Waals surface area contributed by atoms with Crippen molar-refractivity contribution in [3.63, 3.8) is 0 Å². The lowest BCUT2D eigenvalue weighted by Crippen LogP contribution is -2.13. The quantitative estimate of drug-likeness (QED) is 0.235. The first-order valence-electron chi connectivity index (χ1n) is 13.5. The maximum Gasteiger partial charge on any atom is 0.146 e. The van der Waals surface area contributed by atoms with E-state index in [1.807, 2.05) is 18.2 Å². The van der Waals surface area contributed by atoms with Gasteiger partial charge in [-0.2, -0.15) is 0 Å². The van der Waals surface area contributed by atoms with Crippen LogP contribution in [0.5, 0.6) is 0 Å². The molecule has 0 bridgehead atoms. The zero-order valence-corrected chi connectivity index (χ0v) is 21.0. The molecule has 1 saturated carbocycles. The standard InChI is InChI=1S/C33H39F/c1-3-5-6-7-8-9-26-10-16-28(17-11-26)29-18-12-27(13-19-29)14-20-30-21-22-31-24-25(4-2)15-23-32(31)33(30)34/h12-13,15,18-19,21-24,26,28H,3-11,16-17H2,1-2H3. The maximum atomic E-state index is 15.0. The van der Waals surface area contributed by atoms with E-state index in [1.54, 1.807) is 6.07 Å². The summed E-state index contributed by atoms with van der Waals surface area (Å²) >= 11 is 0. The molecule has 4 rings (SSSR count). The lowest BCUT2D eigenvalue weighted by Gasteiger charge is -2.29. The molecule has 1 aliphatic carbocycles. The molecule has 178 valence electrons. The second-order valence-corrected chi connectivity index (χ2v) is 10.1. The molecule has 0 atom stereocenters. The fourth-order valence-electron chi connectivity index (χ4n) is 5.46. The Labute approximate surface area is 206 Å². The van der Waals surface area contributed by atoms with Crippen LogP contribution >= 0.6 is 0 Å². The van der Waals surface area contributed by atoms with E-state index < -0.39 is 0 Å². The Bertz CT molecular complexity index is 1120. The smallest absolute Gasteiger partial charge is 0.146 e. The van der Waals surface area contributed by atoms with E-state index in [1.165, 1.54) is 75.3 Å². The van der Waals surface area contributed by atoms with Crippen molar-refractivity contribution in [1.82, 2.24) is 0 Å². The van der Waals surface area contributed by atoms with Gasteiger partial charge in [-0.25, -0.2) is 4.39 Å². The Morgan fingerprint density at radius 2 is 1.56 bits per heavy atom. The van der Waals surface area contributed by atoms with Crippen LogP contribution in [0.25, 0.3) is 10.8 Å². The molecule has 0 heterocycles. The lowest BCUT2D eigenvalue weighted by molar-refractivity contribution is 0.302. The summed E-state index contributed by atoms with van der Waals surface area (Å²) < 4.78 is 15.0. The number of hydrogen-bond acceptors (Lipinski definition) is 0. The number of hydrogen-bond donors (Lipinski definition) is 0. The number of fused-ring (bicyclic) bond motifs is 1. The van der Waals surface area contributed by atoms with Gasteiger partial charge in [0.25, 0.3) is 0 Å². The topological polar surface area (TPSA) is 0 Å². The van der Waals surface area contributed by atoms with Crippen LogP contribution < -0.4 is 0 Å². The van der Waals surface area contributed by atoms with Gasteiger partial charge in [0.05, 0.1) is 5.56 Å². The van der Waals surface area contributed by atoms with E-state index in [9.17, 15) is 4.39 Å². The zero-order chi connectivity index (χ0) is 23.8. The average molecular weight is 455 g/mol. The summed E-state index contributed by atoms with van der Waals surface area (Å²) in [4.78, 5) is 0. The molecular weight excluding hydrogens is 415 g/mol. The summed E-state index contributed by atoms with van der Waals surface area (Å²) in [5.41, 5.74) is 4.08. The summed E-state index contributed by atoms with van der Waals surface area (Å²) in [6, 6.07) is 18.4. The molecule has 34 heavy (non-hydrogen) atoms. The fourth-order valence-corrected chi connectivity index (χ4v) is 5.46. The van der Waals surface area contributed by atoms with Gasteiger partial charge in [-0.05, 0) is 78.7 Å². The first kappa shape index (κ1) is 24.5. The van der Waals surface area contributed by atoms with Crippen LogP contribution in [-0.2, 0) is 6.42 Å². The molecule has 0 spiro atoms. The zero-order valence-electron chi connectivity index (χ0n) is 21.0.